The van der Waals surface area contributed by atoms with E-state index in [1.54, 1.807) is 31.2 Å². The van der Waals surface area contributed by atoms with E-state index in [0.717, 1.165) is 0 Å². The van der Waals surface area contributed by atoms with E-state index in [1.165, 1.54) is 6.92 Å². The van der Waals surface area contributed by atoms with Crippen LogP contribution >= 0.6 is 0 Å². The molecule has 2 N–H and O–H groups in total. The van der Waals surface area contributed by atoms with Crippen molar-refractivity contribution in [3.8, 4) is 0 Å². The zero-order chi connectivity index (χ0) is 13.5. The first-order chi connectivity index (χ1) is 8.58. The highest BCUT2D eigenvalue weighted by molar-refractivity contribution is 5.92. The first-order valence-electron chi connectivity index (χ1n) is 5.77. The van der Waals surface area contributed by atoms with Crippen molar-refractivity contribution in [2.45, 2.75) is 26.6 Å². The fourth-order valence-electron chi connectivity index (χ4n) is 1.35. The molecule has 0 unspecified atom stereocenters. The molecule has 0 saturated carbocycles. The van der Waals surface area contributed by atoms with E-state index in [4.69, 9.17) is 9.84 Å². The third-order valence-corrected chi connectivity index (χ3v) is 2.38. The molecule has 0 aliphatic heterocycles. The van der Waals surface area contributed by atoms with Gasteiger partial charge < -0.3 is 15.2 Å². The van der Waals surface area contributed by atoms with Gasteiger partial charge in [0.15, 0.2) is 6.10 Å². The first-order valence-corrected chi connectivity index (χ1v) is 5.77. The van der Waals surface area contributed by atoms with E-state index in [-0.39, 0.29) is 12.5 Å². The topological polar surface area (TPSA) is 75.6 Å². The van der Waals surface area contributed by atoms with Crippen LogP contribution in [0.2, 0.25) is 0 Å². The smallest absolute Gasteiger partial charge is 0.338 e. The number of hydrogen-bond donors (Lipinski definition) is 2. The van der Waals surface area contributed by atoms with E-state index in [9.17, 15) is 9.59 Å². The third kappa shape index (κ3) is 3.85. The molecule has 1 aromatic carbocycles. The van der Waals surface area contributed by atoms with Crippen LogP contribution in [0.5, 0.6) is 0 Å². The molecule has 0 heterocycles. The van der Waals surface area contributed by atoms with Crippen LogP contribution in [0.25, 0.3) is 0 Å². The van der Waals surface area contributed by atoms with Crippen LogP contribution in [0.15, 0.2) is 24.3 Å². The van der Waals surface area contributed by atoms with Crippen LogP contribution in [0.3, 0.4) is 0 Å². The minimum atomic E-state index is -0.824. The number of carbonyl (C=O) groups is 2. The zero-order valence-corrected chi connectivity index (χ0v) is 10.5. The molecule has 1 rings (SSSR count). The molecule has 0 aromatic heterocycles. The van der Waals surface area contributed by atoms with Crippen molar-refractivity contribution in [2.24, 2.45) is 0 Å². The monoisotopic (exact) mass is 251 g/mol. The largest absolute Gasteiger partial charge is 0.449 e. The molecular formula is C13H17NO4. The van der Waals surface area contributed by atoms with Gasteiger partial charge in [-0.1, -0.05) is 12.1 Å². The molecular weight excluding hydrogens is 234 g/mol. The number of aliphatic hydroxyl groups excluding tert-OH is 1. The highest BCUT2D eigenvalue weighted by atomic mass is 16.5. The van der Waals surface area contributed by atoms with Crippen LogP contribution in [0, 0.1) is 0 Å². The molecule has 0 bridgehead atoms. The lowest BCUT2D eigenvalue weighted by Gasteiger charge is -2.12. The number of amides is 1. The quantitative estimate of drug-likeness (QED) is 0.761. The van der Waals surface area contributed by atoms with E-state index in [1.807, 2.05) is 0 Å². The summed E-state index contributed by atoms with van der Waals surface area (Å²) in [5.74, 6) is -0.879. The van der Waals surface area contributed by atoms with Gasteiger partial charge in [-0.25, -0.2) is 4.79 Å². The predicted octanol–water partition coefficient (Wildman–Crippen LogP) is 0.860. The van der Waals surface area contributed by atoms with Crippen molar-refractivity contribution < 1.29 is 19.4 Å². The lowest BCUT2D eigenvalue weighted by atomic mass is 10.1. The van der Waals surface area contributed by atoms with E-state index in [0.29, 0.717) is 17.7 Å². The van der Waals surface area contributed by atoms with Gasteiger partial charge >= 0.3 is 5.97 Å². The number of aliphatic hydroxyl groups is 1. The summed E-state index contributed by atoms with van der Waals surface area (Å²) in [6.07, 6.45) is -0.824. The van der Waals surface area contributed by atoms with Crippen molar-refractivity contribution >= 4 is 11.9 Å². The number of nitrogens with one attached hydrogen (secondary N) is 1. The summed E-state index contributed by atoms with van der Waals surface area (Å²) in [4.78, 5) is 23.1. The van der Waals surface area contributed by atoms with Crippen molar-refractivity contribution in [2.75, 3.05) is 6.54 Å². The van der Waals surface area contributed by atoms with Gasteiger partial charge in [-0.3, -0.25) is 4.79 Å². The standard InChI is InChI=1S/C13H17NO4/c1-3-14-12(16)9(2)18-13(17)11-6-4-10(8-15)5-7-11/h4-7,9,15H,3,8H2,1-2H3,(H,14,16)/t9-/m0/s1. The van der Waals surface area contributed by atoms with Crippen LogP contribution < -0.4 is 5.32 Å². The molecule has 0 radical (unpaired) electrons. The normalized spacial score (nSPS) is 11.7. The molecule has 0 aliphatic carbocycles. The van der Waals surface area contributed by atoms with Crippen molar-refractivity contribution in [3.63, 3.8) is 0 Å². The number of carbonyl (C=O) groups excluding carboxylic acids is 2. The van der Waals surface area contributed by atoms with Crippen LogP contribution in [-0.2, 0) is 16.1 Å². The van der Waals surface area contributed by atoms with Gasteiger partial charge in [-0.2, -0.15) is 0 Å². The maximum absolute atomic E-state index is 11.7. The minimum absolute atomic E-state index is 0.0787. The SMILES string of the molecule is CCNC(=O)[C@H](C)OC(=O)c1ccc(CO)cc1. The highest BCUT2D eigenvalue weighted by Gasteiger charge is 2.17. The van der Waals surface area contributed by atoms with Gasteiger partial charge in [-0.05, 0) is 31.5 Å². The second kappa shape index (κ2) is 6.76. The molecule has 5 heteroatoms. The van der Waals surface area contributed by atoms with Gasteiger partial charge in [0.2, 0.25) is 0 Å². The average Bonchev–Trinajstić information content (AvgIpc) is 2.39. The molecule has 98 valence electrons. The lowest BCUT2D eigenvalue weighted by molar-refractivity contribution is -0.128. The van der Waals surface area contributed by atoms with Crippen molar-refractivity contribution in [1.82, 2.24) is 5.32 Å². The van der Waals surface area contributed by atoms with Gasteiger partial charge in [-0.15, -0.1) is 0 Å². The van der Waals surface area contributed by atoms with E-state index >= 15 is 0 Å². The number of benzene rings is 1. The molecule has 5 nitrogen and oxygen atoms in total. The van der Waals surface area contributed by atoms with Crippen LogP contribution in [-0.4, -0.2) is 29.6 Å². The Morgan fingerprint density at radius 3 is 2.44 bits per heavy atom. The molecule has 0 saturated heterocycles. The third-order valence-electron chi connectivity index (χ3n) is 2.38. The van der Waals surface area contributed by atoms with Crippen LogP contribution in [0.1, 0.15) is 29.8 Å². The Morgan fingerprint density at radius 2 is 1.94 bits per heavy atom. The summed E-state index contributed by atoms with van der Waals surface area (Å²) in [7, 11) is 0. The Balaban J connectivity index is 2.61. The number of ether oxygens (including phenoxy) is 1. The Hall–Kier alpha value is -1.88. The van der Waals surface area contributed by atoms with Crippen molar-refractivity contribution in [1.29, 1.82) is 0 Å². The van der Waals surface area contributed by atoms with E-state index < -0.39 is 12.1 Å². The number of rotatable bonds is 5. The number of likely N-dealkylation sites (N-methyl/N-ethyl adjacent to an activating group) is 1. The summed E-state index contributed by atoms with van der Waals surface area (Å²) < 4.78 is 5.01. The predicted molar refractivity (Wildman–Crippen MR) is 65.9 cm³/mol. The summed E-state index contributed by atoms with van der Waals surface area (Å²) >= 11 is 0. The molecule has 0 aliphatic rings. The minimum Gasteiger partial charge on any atom is -0.449 e. The average molecular weight is 251 g/mol. The molecule has 1 aromatic rings. The fourth-order valence-corrected chi connectivity index (χ4v) is 1.35. The maximum atomic E-state index is 11.7. The van der Waals surface area contributed by atoms with Crippen molar-refractivity contribution in [3.05, 3.63) is 35.4 Å². The molecule has 0 spiro atoms. The fraction of sp³-hybridized carbons (Fsp3) is 0.385. The Bertz CT molecular complexity index is 414. The van der Waals surface area contributed by atoms with Gasteiger partial charge in [0.1, 0.15) is 0 Å². The van der Waals surface area contributed by atoms with Crippen LogP contribution in [0.4, 0.5) is 0 Å². The van der Waals surface area contributed by atoms with Gasteiger partial charge in [0, 0.05) is 6.54 Å². The summed E-state index contributed by atoms with van der Waals surface area (Å²) in [6, 6.07) is 6.37. The summed E-state index contributed by atoms with van der Waals surface area (Å²) in [6.45, 7) is 3.72. The number of hydrogen-bond acceptors (Lipinski definition) is 4. The van der Waals surface area contributed by atoms with E-state index in [2.05, 4.69) is 5.32 Å². The maximum Gasteiger partial charge on any atom is 0.338 e. The Morgan fingerprint density at radius 1 is 1.33 bits per heavy atom. The number of esters is 1. The van der Waals surface area contributed by atoms with Gasteiger partial charge in [0.25, 0.3) is 5.91 Å². The lowest BCUT2D eigenvalue weighted by Crippen LogP contribution is -2.35. The molecule has 1 atom stereocenters. The molecule has 0 fully saturated rings. The Labute approximate surface area is 106 Å². The Kier molecular flexibility index (Phi) is 5.32. The summed E-state index contributed by atoms with van der Waals surface area (Å²) in [5.41, 5.74) is 1.06. The highest BCUT2D eigenvalue weighted by Crippen LogP contribution is 2.07. The summed E-state index contributed by atoms with van der Waals surface area (Å²) in [5, 5.41) is 11.4. The molecule has 1 amide bonds. The molecule has 18 heavy (non-hydrogen) atoms. The second-order valence-corrected chi connectivity index (χ2v) is 3.80. The van der Waals surface area contributed by atoms with Gasteiger partial charge in [0.05, 0.1) is 12.2 Å². The second-order valence-electron chi connectivity index (χ2n) is 3.80. The zero-order valence-electron chi connectivity index (χ0n) is 10.5. The first kappa shape index (κ1) is 14.2.